The summed E-state index contributed by atoms with van der Waals surface area (Å²) in [6, 6.07) is 13.0. The van der Waals surface area contributed by atoms with Crippen LogP contribution in [0.5, 0.6) is 0 Å². The Morgan fingerprint density at radius 2 is 1.73 bits per heavy atom. The third kappa shape index (κ3) is 5.05. The number of carbonyl (C=O) groups excluding carboxylic acids is 2. The summed E-state index contributed by atoms with van der Waals surface area (Å²) in [6.45, 7) is 0.738. The van der Waals surface area contributed by atoms with Crippen LogP contribution in [0.15, 0.2) is 48.5 Å². The molecule has 1 aliphatic carbocycles. The maximum atomic E-state index is 13.0. The number of hydrogen-bond acceptors (Lipinski definition) is 2. The Kier molecular flexibility index (Phi) is 5.89. The standard InChI is InChI=1S/C20H20ClFN2O2/c21-16-5-3-15(4-6-16)20(26)23-12-11-19(25)24(18-9-10-18)13-14-1-7-17(22)8-2-14/h1-8,18H,9-13H2,(H,23,26). The Balaban J connectivity index is 1.51. The Hall–Kier alpha value is -2.40. The summed E-state index contributed by atoms with van der Waals surface area (Å²) in [5.41, 5.74) is 1.41. The lowest BCUT2D eigenvalue weighted by Crippen LogP contribution is -2.35. The van der Waals surface area contributed by atoms with Crippen molar-refractivity contribution < 1.29 is 14.0 Å². The number of halogens is 2. The van der Waals surface area contributed by atoms with Gasteiger partial charge < -0.3 is 10.2 Å². The largest absolute Gasteiger partial charge is 0.352 e. The topological polar surface area (TPSA) is 49.4 Å². The maximum Gasteiger partial charge on any atom is 0.251 e. The van der Waals surface area contributed by atoms with Crippen LogP contribution in [0.4, 0.5) is 4.39 Å². The van der Waals surface area contributed by atoms with E-state index in [9.17, 15) is 14.0 Å². The molecule has 1 aliphatic rings. The second kappa shape index (κ2) is 8.32. The van der Waals surface area contributed by atoms with Crippen LogP contribution in [0.1, 0.15) is 35.2 Å². The lowest BCUT2D eigenvalue weighted by Gasteiger charge is -2.22. The van der Waals surface area contributed by atoms with Crippen molar-refractivity contribution >= 4 is 23.4 Å². The van der Waals surface area contributed by atoms with Crippen LogP contribution >= 0.6 is 11.6 Å². The minimum atomic E-state index is -0.289. The lowest BCUT2D eigenvalue weighted by atomic mass is 10.2. The van der Waals surface area contributed by atoms with Gasteiger partial charge in [-0.3, -0.25) is 9.59 Å². The van der Waals surface area contributed by atoms with Crippen molar-refractivity contribution in [2.45, 2.75) is 31.8 Å². The fourth-order valence-corrected chi connectivity index (χ4v) is 2.85. The monoisotopic (exact) mass is 374 g/mol. The molecule has 0 aliphatic heterocycles. The SMILES string of the molecule is O=C(NCCC(=O)N(Cc1ccc(F)cc1)C1CC1)c1ccc(Cl)cc1. The van der Waals surface area contributed by atoms with E-state index in [0.29, 0.717) is 17.1 Å². The molecular weight excluding hydrogens is 355 g/mol. The molecule has 0 atom stereocenters. The van der Waals surface area contributed by atoms with E-state index in [4.69, 9.17) is 11.6 Å². The van der Waals surface area contributed by atoms with Gasteiger partial charge in [0.15, 0.2) is 0 Å². The Labute approximate surface area is 157 Å². The molecule has 0 unspecified atom stereocenters. The Bertz CT molecular complexity index is 773. The third-order valence-electron chi connectivity index (χ3n) is 4.31. The second-order valence-electron chi connectivity index (χ2n) is 6.39. The molecule has 6 heteroatoms. The minimum Gasteiger partial charge on any atom is -0.352 e. The van der Waals surface area contributed by atoms with Crippen molar-refractivity contribution in [2.75, 3.05) is 6.54 Å². The molecule has 26 heavy (non-hydrogen) atoms. The molecule has 0 bridgehead atoms. The van der Waals surface area contributed by atoms with Gasteiger partial charge in [-0.25, -0.2) is 4.39 Å². The molecule has 2 aromatic carbocycles. The third-order valence-corrected chi connectivity index (χ3v) is 4.56. The van der Waals surface area contributed by atoms with Gasteiger partial charge in [0.1, 0.15) is 5.82 Å². The van der Waals surface area contributed by atoms with E-state index in [1.165, 1.54) is 12.1 Å². The van der Waals surface area contributed by atoms with Crippen LogP contribution in [0, 0.1) is 5.82 Å². The summed E-state index contributed by atoms with van der Waals surface area (Å²) >= 11 is 5.81. The number of nitrogens with zero attached hydrogens (tertiary/aromatic N) is 1. The van der Waals surface area contributed by atoms with Gasteiger partial charge in [-0.15, -0.1) is 0 Å². The van der Waals surface area contributed by atoms with Crippen LogP contribution in [0.25, 0.3) is 0 Å². The summed E-state index contributed by atoms with van der Waals surface area (Å²) in [7, 11) is 0. The summed E-state index contributed by atoms with van der Waals surface area (Å²) in [5, 5.41) is 3.32. The smallest absolute Gasteiger partial charge is 0.251 e. The molecule has 0 heterocycles. The first kappa shape index (κ1) is 18.4. The molecule has 1 saturated carbocycles. The predicted molar refractivity (Wildman–Crippen MR) is 98.4 cm³/mol. The van der Waals surface area contributed by atoms with Crippen LogP contribution in [0.2, 0.25) is 5.02 Å². The number of rotatable bonds is 7. The van der Waals surface area contributed by atoms with Crippen LogP contribution in [0.3, 0.4) is 0 Å². The van der Waals surface area contributed by atoms with E-state index in [0.717, 1.165) is 18.4 Å². The van der Waals surface area contributed by atoms with Crippen molar-refractivity contribution in [1.82, 2.24) is 10.2 Å². The van der Waals surface area contributed by atoms with Gasteiger partial charge in [0.2, 0.25) is 5.91 Å². The minimum absolute atomic E-state index is 0.00627. The highest BCUT2D eigenvalue weighted by atomic mass is 35.5. The molecule has 4 nitrogen and oxygen atoms in total. The highest BCUT2D eigenvalue weighted by Crippen LogP contribution is 2.29. The molecule has 2 aromatic rings. The van der Waals surface area contributed by atoms with Gasteiger partial charge in [-0.2, -0.15) is 0 Å². The number of hydrogen-bond donors (Lipinski definition) is 1. The zero-order valence-corrected chi connectivity index (χ0v) is 15.0. The highest BCUT2D eigenvalue weighted by Gasteiger charge is 2.32. The Morgan fingerprint density at radius 1 is 1.08 bits per heavy atom. The molecule has 136 valence electrons. The fraction of sp³-hybridized carbons (Fsp3) is 0.300. The predicted octanol–water partition coefficient (Wildman–Crippen LogP) is 3.79. The van der Waals surface area contributed by atoms with E-state index < -0.39 is 0 Å². The quantitative estimate of drug-likeness (QED) is 0.801. The van der Waals surface area contributed by atoms with Crippen molar-refractivity contribution in [3.8, 4) is 0 Å². The van der Waals surface area contributed by atoms with E-state index >= 15 is 0 Å². The van der Waals surface area contributed by atoms with Gasteiger partial charge in [0.25, 0.3) is 5.91 Å². The average molecular weight is 375 g/mol. The van der Waals surface area contributed by atoms with Crippen molar-refractivity contribution in [1.29, 1.82) is 0 Å². The van der Waals surface area contributed by atoms with E-state index in [1.54, 1.807) is 36.4 Å². The van der Waals surface area contributed by atoms with Gasteiger partial charge >= 0.3 is 0 Å². The highest BCUT2D eigenvalue weighted by molar-refractivity contribution is 6.30. The summed E-state index contributed by atoms with van der Waals surface area (Å²) < 4.78 is 13.0. The molecule has 0 radical (unpaired) electrons. The molecule has 1 fully saturated rings. The average Bonchev–Trinajstić information content (AvgIpc) is 3.46. The van der Waals surface area contributed by atoms with Crippen molar-refractivity contribution in [3.63, 3.8) is 0 Å². The van der Waals surface area contributed by atoms with Crippen molar-refractivity contribution in [3.05, 3.63) is 70.5 Å². The second-order valence-corrected chi connectivity index (χ2v) is 6.83. The number of benzene rings is 2. The first-order valence-electron chi connectivity index (χ1n) is 8.60. The number of nitrogens with one attached hydrogen (secondary N) is 1. The molecule has 0 saturated heterocycles. The zero-order valence-electron chi connectivity index (χ0n) is 14.3. The van der Waals surface area contributed by atoms with Crippen LogP contribution < -0.4 is 5.32 Å². The summed E-state index contributed by atoms with van der Waals surface area (Å²) in [4.78, 5) is 26.4. The molecule has 1 N–H and O–H groups in total. The molecule has 0 spiro atoms. The van der Waals surface area contributed by atoms with Gasteiger partial charge in [-0.1, -0.05) is 23.7 Å². The molecule has 0 aromatic heterocycles. The zero-order chi connectivity index (χ0) is 18.5. The van der Waals surface area contributed by atoms with E-state index in [-0.39, 0.29) is 36.6 Å². The van der Waals surface area contributed by atoms with Crippen LogP contribution in [-0.2, 0) is 11.3 Å². The van der Waals surface area contributed by atoms with Gasteiger partial charge in [-0.05, 0) is 54.8 Å². The summed E-state index contributed by atoms with van der Waals surface area (Å²) in [6.07, 6.45) is 2.21. The molecule has 3 rings (SSSR count). The van der Waals surface area contributed by atoms with Crippen molar-refractivity contribution in [2.24, 2.45) is 0 Å². The molecule has 2 amide bonds. The fourth-order valence-electron chi connectivity index (χ4n) is 2.72. The normalized spacial score (nSPS) is 13.3. The van der Waals surface area contributed by atoms with Gasteiger partial charge in [0, 0.05) is 36.1 Å². The maximum absolute atomic E-state index is 13.0. The van der Waals surface area contributed by atoms with Crippen LogP contribution in [-0.4, -0.2) is 29.3 Å². The first-order valence-corrected chi connectivity index (χ1v) is 8.98. The number of amides is 2. The van der Waals surface area contributed by atoms with E-state index in [2.05, 4.69) is 5.32 Å². The van der Waals surface area contributed by atoms with E-state index in [1.807, 2.05) is 4.90 Å². The van der Waals surface area contributed by atoms with Gasteiger partial charge in [0.05, 0.1) is 0 Å². The Morgan fingerprint density at radius 3 is 2.35 bits per heavy atom. The lowest BCUT2D eigenvalue weighted by molar-refractivity contribution is -0.132. The first-order chi connectivity index (χ1) is 12.5. The summed E-state index contributed by atoms with van der Waals surface area (Å²) in [5.74, 6) is -0.526. The number of carbonyl (C=O) groups is 2. The molecular formula is C20H20ClFN2O2.